The number of benzene rings is 2. The maximum atomic E-state index is 12.7. The summed E-state index contributed by atoms with van der Waals surface area (Å²) in [6.45, 7) is 4.08. The van der Waals surface area contributed by atoms with Crippen LogP contribution in [0.2, 0.25) is 0 Å². The van der Waals surface area contributed by atoms with Gasteiger partial charge in [-0.1, -0.05) is 98.5 Å². The van der Waals surface area contributed by atoms with E-state index in [-0.39, 0.29) is 41.3 Å². The van der Waals surface area contributed by atoms with E-state index >= 15 is 0 Å². The summed E-state index contributed by atoms with van der Waals surface area (Å²) in [4.78, 5) is 27.0. The monoisotopic (exact) mass is 474 g/mol. The molecule has 31 heavy (non-hydrogen) atoms. The van der Waals surface area contributed by atoms with Gasteiger partial charge in [0.2, 0.25) is 11.8 Å². The highest BCUT2D eigenvalue weighted by atomic mass is 32.2. The molecule has 5 nitrogen and oxygen atoms in total. The van der Waals surface area contributed by atoms with E-state index in [1.165, 1.54) is 11.8 Å². The standard InChI is InChI=1S/C23H26N2O3S3/c1-16(2)19-13-30-23(29)25(19)21(27)15-31(28)14-20(26)24-22(17-9-5-3-6-10-17)18-11-7-4-8-12-18/h3-12,16,19,22H,13-15H2,1-2H3,(H,24,26)/t19-,31+/m1/s1. The molecular weight excluding hydrogens is 448 g/mol. The Bertz CT molecular complexity index is 912. The minimum Gasteiger partial charge on any atom is -0.344 e. The maximum absolute atomic E-state index is 12.7. The average Bonchev–Trinajstić information content (AvgIpc) is 3.15. The van der Waals surface area contributed by atoms with Gasteiger partial charge < -0.3 is 5.32 Å². The molecule has 0 radical (unpaired) electrons. The van der Waals surface area contributed by atoms with Crippen molar-refractivity contribution in [2.24, 2.45) is 5.92 Å². The summed E-state index contributed by atoms with van der Waals surface area (Å²) in [6, 6.07) is 18.9. The quantitative estimate of drug-likeness (QED) is 0.593. The van der Waals surface area contributed by atoms with Crippen LogP contribution in [0.4, 0.5) is 0 Å². The smallest absolute Gasteiger partial charge is 0.240 e. The summed E-state index contributed by atoms with van der Waals surface area (Å²) >= 11 is 6.78. The van der Waals surface area contributed by atoms with Gasteiger partial charge in [0.25, 0.3) is 0 Å². The van der Waals surface area contributed by atoms with Crippen LogP contribution in [0.3, 0.4) is 0 Å². The number of thiocarbonyl (C=S) groups is 1. The number of thioether (sulfide) groups is 1. The van der Waals surface area contributed by atoms with Gasteiger partial charge in [-0.25, -0.2) is 0 Å². The van der Waals surface area contributed by atoms with E-state index in [0.29, 0.717) is 4.32 Å². The summed E-state index contributed by atoms with van der Waals surface area (Å²) in [6.07, 6.45) is 0. The van der Waals surface area contributed by atoms with Gasteiger partial charge in [-0.2, -0.15) is 0 Å². The first-order valence-electron chi connectivity index (χ1n) is 10.1. The molecule has 0 saturated carbocycles. The molecule has 2 aromatic carbocycles. The van der Waals surface area contributed by atoms with Crippen LogP contribution in [0.25, 0.3) is 0 Å². The van der Waals surface area contributed by atoms with Crippen LogP contribution in [0, 0.1) is 5.92 Å². The number of hydrogen-bond donors (Lipinski definition) is 1. The molecule has 2 atom stereocenters. The lowest BCUT2D eigenvalue weighted by Gasteiger charge is -2.26. The van der Waals surface area contributed by atoms with Crippen molar-refractivity contribution in [3.8, 4) is 0 Å². The van der Waals surface area contributed by atoms with Gasteiger partial charge >= 0.3 is 0 Å². The summed E-state index contributed by atoms with van der Waals surface area (Å²) in [5.74, 6) is -0.0671. The molecular formula is C23H26N2O3S3. The summed E-state index contributed by atoms with van der Waals surface area (Å²) in [7, 11) is -1.62. The molecule has 0 aliphatic carbocycles. The van der Waals surface area contributed by atoms with Crippen molar-refractivity contribution in [2.45, 2.75) is 25.9 Å². The van der Waals surface area contributed by atoms with Gasteiger partial charge in [0.05, 0.1) is 6.04 Å². The van der Waals surface area contributed by atoms with E-state index in [2.05, 4.69) is 5.32 Å². The van der Waals surface area contributed by atoms with Gasteiger partial charge in [0.1, 0.15) is 15.8 Å². The van der Waals surface area contributed by atoms with Gasteiger partial charge in [-0.15, -0.1) is 0 Å². The Hall–Kier alpha value is -2.03. The lowest BCUT2D eigenvalue weighted by atomic mass is 9.99. The highest BCUT2D eigenvalue weighted by Crippen LogP contribution is 2.29. The molecule has 0 bridgehead atoms. The number of nitrogens with zero attached hydrogens (tertiary/aromatic N) is 1. The topological polar surface area (TPSA) is 66.5 Å². The van der Waals surface area contributed by atoms with Crippen LogP contribution in [0.1, 0.15) is 31.0 Å². The van der Waals surface area contributed by atoms with Crippen LogP contribution in [0.15, 0.2) is 60.7 Å². The molecule has 0 spiro atoms. The second kappa shape index (κ2) is 11.0. The molecule has 1 N–H and O–H groups in total. The molecule has 1 heterocycles. The molecule has 1 aliphatic heterocycles. The fraction of sp³-hybridized carbons (Fsp3) is 0.348. The van der Waals surface area contributed by atoms with Crippen LogP contribution in [0.5, 0.6) is 0 Å². The van der Waals surface area contributed by atoms with Crippen LogP contribution in [-0.2, 0) is 20.4 Å². The first-order chi connectivity index (χ1) is 14.9. The molecule has 3 rings (SSSR count). The van der Waals surface area contributed by atoms with Crippen LogP contribution < -0.4 is 5.32 Å². The molecule has 1 fully saturated rings. The van der Waals surface area contributed by atoms with Crippen LogP contribution >= 0.6 is 24.0 Å². The number of amides is 2. The third kappa shape index (κ3) is 6.24. The van der Waals surface area contributed by atoms with Crippen molar-refractivity contribution in [3.63, 3.8) is 0 Å². The normalized spacial score (nSPS) is 17.2. The first-order valence-corrected chi connectivity index (χ1v) is 13.0. The predicted octanol–water partition coefficient (Wildman–Crippen LogP) is 3.53. The van der Waals surface area contributed by atoms with Gasteiger partial charge in [0.15, 0.2) is 0 Å². The zero-order chi connectivity index (χ0) is 22.4. The van der Waals surface area contributed by atoms with E-state index in [1.54, 1.807) is 4.90 Å². The second-order valence-electron chi connectivity index (χ2n) is 7.70. The molecule has 8 heteroatoms. The SMILES string of the molecule is CC(C)[C@H]1CSC(=S)N1C(=O)C[S@@](=O)CC(=O)NC(c1ccccc1)c1ccccc1. The van der Waals surface area contributed by atoms with Crippen molar-refractivity contribution in [1.82, 2.24) is 10.2 Å². The minimum atomic E-state index is -1.62. The summed E-state index contributed by atoms with van der Waals surface area (Å²) in [5.41, 5.74) is 1.87. The molecule has 1 aliphatic rings. The number of carbonyl (C=O) groups excluding carboxylic acids is 2. The molecule has 164 valence electrons. The molecule has 2 aromatic rings. The van der Waals surface area contributed by atoms with Crippen molar-refractivity contribution in [2.75, 3.05) is 17.3 Å². The number of nitrogens with one attached hydrogen (secondary N) is 1. The predicted molar refractivity (Wildman–Crippen MR) is 131 cm³/mol. The summed E-state index contributed by atoms with van der Waals surface area (Å²) in [5, 5.41) is 2.97. The van der Waals surface area contributed by atoms with Gasteiger partial charge in [-0.3, -0.25) is 18.7 Å². The van der Waals surface area contributed by atoms with E-state index in [1.807, 2.05) is 74.5 Å². The van der Waals surface area contributed by atoms with Crippen molar-refractivity contribution in [1.29, 1.82) is 0 Å². The highest BCUT2D eigenvalue weighted by Gasteiger charge is 2.36. The Morgan fingerprint density at radius 3 is 2.13 bits per heavy atom. The second-order valence-corrected chi connectivity index (χ2v) is 10.8. The third-order valence-corrected chi connectivity index (χ3v) is 7.75. The lowest BCUT2D eigenvalue weighted by molar-refractivity contribution is -0.126. The molecule has 0 aromatic heterocycles. The Labute approximate surface area is 195 Å². The van der Waals surface area contributed by atoms with E-state index in [0.717, 1.165) is 16.9 Å². The highest BCUT2D eigenvalue weighted by molar-refractivity contribution is 8.23. The number of rotatable bonds is 8. The van der Waals surface area contributed by atoms with Crippen LogP contribution in [-0.4, -0.2) is 48.5 Å². The molecule has 2 amide bonds. The average molecular weight is 475 g/mol. The fourth-order valence-corrected chi connectivity index (χ4v) is 6.03. The van der Waals surface area contributed by atoms with E-state index in [9.17, 15) is 13.8 Å². The Kier molecular flexibility index (Phi) is 8.40. The van der Waals surface area contributed by atoms with Gasteiger partial charge in [0, 0.05) is 22.6 Å². The first kappa shape index (κ1) is 23.6. The third-order valence-electron chi connectivity index (χ3n) is 5.09. The number of carbonyl (C=O) groups is 2. The van der Waals surface area contributed by atoms with E-state index in [4.69, 9.17) is 12.2 Å². The molecule has 1 saturated heterocycles. The summed E-state index contributed by atoms with van der Waals surface area (Å²) < 4.78 is 13.1. The lowest BCUT2D eigenvalue weighted by Crippen LogP contribution is -2.44. The molecule has 0 unspecified atom stereocenters. The maximum Gasteiger partial charge on any atom is 0.240 e. The Morgan fingerprint density at radius 2 is 1.61 bits per heavy atom. The van der Waals surface area contributed by atoms with Crippen molar-refractivity contribution >= 4 is 50.9 Å². The minimum absolute atomic E-state index is 0.0105. The van der Waals surface area contributed by atoms with E-state index < -0.39 is 10.8 Å². The zero-order valence-electron chi connectivity index (χ0n) is 17.5. The largest absolute Gasteiger partial charge is 0.344 e. The zero-order valence-corrected chi connectivity index (χ0v) is 20.0. The van der Waals surface area contributed by atoms with Gasteiger partial charge in [-0.05, 0) is 17.0 Å². The number of hydrogen-bond acceptors (Lipinski definition) is 5. The Morgan fingerprint density at radius 1 is 1.06 bits per heavy atom. The Balaban J connectivity index is 1.64. The van der Waals surface area contributed by atoms with Crippen molar-refractivity contribution < 1.29 is 13.8 Å². The fourth-order valence-electron chi connectivity index (χ4n) is 3.47. The van der Waals surface area contributed by atoms with Crippen molar-refractivity contribution in [3.05, 3.63) is 71.8 Å².